The molecule has 0 bridgehead atoms. The minimum absolute atomic E-state index is 1.54. The Kier molecular flexibility index (Phi) is 2.23. The summed E-state index contributed by atoms with van der Waals surface area (Å²) in [7, 11) is 0. The van der Waals surface area contributed by atoms with Crippen LogP contribution in [-0.2, 0) is 9.78 Å². The van der Waals surface area contributed by atoms with Gasteiger partial charge in [0.25, 0.3) is 0 Å². The van der Waals surface area contributed by atoms with Crippen molar-refractivity contribution in [3.8, 4) is 0 Å². The van der Waals surface area contributed by atoms with E-state index >= 15 is 0 Å². The molecule has 0 amide bonds. The zero-order valence-corrected chi connectivity index (χ0v) is 6.00. The highest BCUT2D eigenvalue weighted by molar-refractivity contribution is 4.94. The van der Waals surface area contributed by atoms with Crippen LogP contribution < -0.4 is 0 Å². The maximum Gasteiger partial charge on any atom is 0.407 e. The normalized spacial score (nSPS) is 23.5. The van der Waals surface area contributed by atoms with Gasteiger partial charge in [0.2, 0.25) is 5.41 Å². The summed E-state index contributed by atoms with van der Waals surface area (Å²) in [4.78, 5) is 7.35. The highest BCUT2D eigenvalue weighted by Gasteiger charge is 2.73. The van der Waals surface area contributed by atoms with Gasteiger partial charge in [0.05, 0.1) is 0 Å². The minimum Gasteiger partial charge on any atom is -0.235 e. The lowest BCUT2D eigenvalue weighted by Crippen LogP contribution is -2.52. The quantitative estimate of drug-likeness (QED) is 0.450. The minimum atomic E-state index is -5.41. The van der Waals surface area contributed by atoms with Crippen molar-refractivity contribution in [2.45, 2.75) is 12.4 Å². The summed E-state index contributed by atoms with van der Waals surface area (Å²) in [5.74, 6) is 0. The van der Waals surface area contributed by atoms with Crippen LogP contribution in [0.5, 0.6) is 0 Å². The van der Waals surface area contributed by atoms with E-state index in [2.05, 4.69) is 9.78 Å². The Morgan fingerprint density at radius 3 is 1.23 bits per heavy atom. The molecule has 1 aliphatic heterocycles. The molecule has 2 nitrogen and oxygen atoms in total. The first-order valence-electron chi connectivity index (χ1n) is 3.09. The number of rotatable bonds is 0. The fraction of sp³-hybridized carbons (Fsp3) is 1.00. The number of hydrogen-bond acceptors (Lipinski definition) is 2. The molecule has 0 aromatic heterocycles. The molecule has 0 unspecified atom stereocenters. The Morgan fingerprint density at radius 2 is 1.08 bits per heavy atom. The monoisotopic (exact) mass is 210 g/mol. The highest BCUT2D eigenvalue weighted by atomic mass is 19.4. The van der Waals surface area contributed by atoms with E-state index in [-0.39, 0.29) is 0 Å². The molecule has 78 valence electrons. The van der Waals surface area contributed by atoms with E-state index in [1.165, 1.54) is 0 Å². The molecule has 1 saturated heterocycles. The van der Waals surface area contributed by atoms with Crippen molar-refractivity contribution >= 4 is 0 Å². The van der Waals surface area contributed by atoms with Crippen molar-refractivity contribution in [1.29, 1.82) is 0 Å². The van der Waals surface area contributed by atoms with Crippen molar-refractivity contribution in [3.63, 3.8) is 0 Å². The second-order valence-corrected chi connectivity index (χ2v) is 2.60. The Hall–Kier alpha value is -0.500. The van der Waals surface area contributed by atoms with Gasteiger partial charge in [0, 0.05) is 0 Å². The van der Waals surface area contributed by atoms with Crippen molar-refractivity contribution in [2.24, 2.45) is 5.41 Å². The zero-order valence-electron chi connectivity index (χ0n) is 6.00. The Bertz CT molecular complexity index is 172. The van der Waals surface area contributed by atoms with Gasteiger partial charge in [-0.3, -0.25) is 0 Å². The second-order valence-electron chi connectivity index (χ2n) is 2.60. The van der Waals surface area contributed by atoms with E-state index in [1.54, 1.807) is 0 Å². The summed E-state index contributed by atoms with van der Waals surface area (Å²) in [5, 5.41) is 0. The van der Waals surface area contributed by atoms with Crippen LogP contribution in [-0.4, -0.2) is 25.6 Å². The smallest absolute Gasteiger partial charge is 0.235 e. The topological polar surface area (TPSA) is 18.5 Å². The molecule has 0 saturated carbocycles. The van der Waals surface area contributed by atoms with Crippen LogP contribution in [0.2, 0.25) is 0 Å². The van der Waals surface area contributed by atoms with Gasteiger partial charge in [-0.05, 0) is 0 Å². The fourth-order valence-electron chi connectivity index (χ4n) is 0.814. The van der Waals surface area contributed by atoms with Crippen molar-refractivity contribution in [2.75, 3.05) is 13.2 Å². The predicted octanol–water partition coefficient (Wildman–Crippen LogP) is 2.06. The highest BCUT2D eigenvalue weighted by Crippen LogP contribution is 2.52. The van der Waals surface area contributed by atoms with Crippen LogP contribution in [0.1, 0.15) is 0 Å². The molecule has 1 aliphatic rings. The van der Waals surface area contributed by atoms with Crippen LogP contribution in [0.15, 0.2) is 0 Å². The van der Waals surface area contributed by atoms with E-state index in [0.717, 1.165) is 0 Å². The second kappa shape index (κ2) is 2.74. The molecule has 0 radical (unpaired) electrons. The van der Waals surface area contributed by atoms with Gasteiger partial charge in [0.15, 0.2) is 0 Å². The summed E-state index contributed by atoms with van der Waals surface area (Å²) < 4.78 is 72.2. The zero-order chi connectivity index (χ0) is 10.3. The first-order valence-corrected chi connectivity index (χ1v) is 3.09. The van der Waals surface area contributed by atoms with E-state index < -0.39 is 31.0 Å². The molecular weight excluding hydrogens is 206 g/mol. The van der Waals surface area contributed by atoms with E-state index in [1.807, 2.05) is 0 Å². The number of hydrogen-bond donors (Lipinski definition) is 0. The lowest BCUT2D eigenvalue weighted by Gasteiger charge is -2.29. The third-order valence-electron chi connectivity index (χ3n) is 1.78. The maximum atomic E-state index is 12.0. The molecular formula is C5H4F6O2. The van der Waals surface area contributed by atoms with Gasteiger partial charge in [-0.1, -0.05) is 0 Å². The summed E-state index contributed by atoms with van der Waals surface area (Å²) in [6.45, 7) is -3.08. The number of alkyl halides is 6. The van der Waals surface area contributed by atoms with Crippen LogP contribution >= 0.6 is 0 Å². The van der Waals surface area contributed by atoms with Gasteiger partial charge in [-0.2, -0.15) is 26.3 Å². The first-order chi connectivity index (χ1) is 5.71. The first kappa shape index (κ1) is 10.6. The Morgan fingerprint density at radius 1 is 0.769 bits per heavy atom. The largest absolute Gasteiger partial charge is 0.407 e. The van der Waals surface area contributed by atoms with E-state index in [9.17, 15) is 26.3 Å². The van der Waals surface area contributed by atoms with Crippen molar-refractivity contribution in [1.82, 2.24) is 0 Å². The summed E-state index contributed by atoms with van der Waals surface area (Å²) in [6.07, 6.45) is -10.8. The fourth-order valence-corrected chi connectivity index (χ4v) is 0.814. The van der Waals surface area contributed by atoms with Crippen LogP contribution in [0.3, 0.4) is 0 Å². The third kappa shape index (κ3) is 1.48. The van der Waals surface area contributed by atoms with Crippen molar-refractivity contribution in [3.05, 3.63) is 0 Å². The average molecular weight is 210 g/mol. The Balaban J connectivity index is 3.02. The van der Waals surface area contributed by atoms with E-state index in [4.69, 9.17) is 0 Å². The van der Waals surface area contributed by atoms with E-state index in [0.29, 0.717) is 0 Å². The third-order valence-corrected chi connectivity index (χ3v) is 1.78. The summed E-state index contributed by atoms with van der Waals surface area (Å²) in [6, 6.07) is 0. The molecule has 0 aromatic rings. The maximum absolute atomic E-state index is 12.0. The van der Waals surface area contributed by atoms with Gasteiger partial charge < -0.3 is 0 Å². The van der Waals surface area contributed by atoms with Crippen LogP contribution in [0.4, 0.5) is 26.3 Å². The van der Waals surface area contributed by atoms with Gasteiger partial charge >= 0.3 is 12.4 Å². The Labute approximate surface area is 68.3 Å². The molecule has 13 heavy (non-hydrogen) atoms. The van der Waals surface area contributed by atoms with Gasteiger partial charge in [-0.25, -0.2) is 9.78 Å². The molecule has 0 aliphatic carbocycles. The molecule has 0 aromatic carbocycles. The molecule has 1 heterocycles. The van der Waals surface area contributed by atoms with Gasteiger partial charge in [0.1, 0.15) is 13.2 Å². The number of halogens is 6. The standard InChI is InChI=1S/C5H4F6O2/c6-4(7,8)3(5(9,10)11)1-12-13-2-3/h1-2H2. The lowest BCUT2D eigenvalue weighted by molar-refractivity contribution is -0.334. The molecule has 1 rings (SSSR count). The molecule has 0 N–H and O–H groups in total. The molecule has 1 fully saturated rings. The van der Waals surface area contributed by atoms with Gasteiger partial charge in [-0.15, -0.1) is 0 Å². The van der Waals surface area contributed by atoms with Crippen LogP contribution in [0, 0.1) is 5.41 Å². The molecule has 0 atom stereocenters. The summed E-state index contributed by atoms with van der Waals surface area (Å²) >= 11 is 0. The molecule has 0 spiro atoms. The van der Waals surface area contributed by atoms with Crippen molar-refractivity contribution < 1.29 is 36.1 Å². The lowest BCUT2D eigenvalue weighted by atomic mass is 9.89. The average Bonchev–Trinajstić information content (AvgIpc) is 2.28. The SMILES string of the molecule is FC(F)(F)C1(C(F)(F)F)COOC1. The van der Waals surface area contributed by atoms with Crippen LogP contribution in [0.25, 0.3) is 0 Å². The predicted molar refractivity (Wildman–Crippen MR) is 26.4 cm³/mol. The molecule has 8 heteroatoms. The summed E-state index contributed by atoms with van der Waals surface area (Å²) in [5.41, 5.74) is -3.88.